The van der Waals surface area contributed by atoms with Gasteiger partial charge in [-0.25, -0.2) is 0 Å². The molecule has 0 radical (unpaired) electrons. The van der Waals surface area contributed by atoms with Crippen LogP contribution in [-0.4, -0.2) is 30.1 Å². The molecular formula is C19H21ClN2O4. The van der Waals surface area contributed by atoms with Gasteiger partial charge in [0.25, 0.3) is 5.91 Å². The van der Waals surface area contributed by atoms with Crippen LogP contribution in [0.25, 0.3) is 0 Å². The molecule has 0 saturated carbocycles. The number of hydrogen-bond acceptors (Lipinski definition) is 4. The fourth-order valence-corrected chi connectivity index (χ4v) is 2.51. The Hall–Kier alpha value is -2.73. The first-order valence-electron chi connectivity index (χ1n) is 8.06. The predicted octanol–water partition coefficient (Wildman–Crippen LogP) is 3.45. The van der Waals surface area contributed by atoms with Crippen LogP contribution in [-0.2, 0) is 4.79 Å². The van der Waals surface area contributed by atoms with Crippen LogP contribution in [0.1, 0.15) is 24.2 Å². The van der Waals surface area contributed by atoms with Crippen molar-refractivity contribution in [3.63, 3.8) is 0 Å². The van der Waals surface area contributed by atoms with E-state index in [1.54, 1.807) is 31.4 Å². The smallest absolute Gasteiger partial charge is 0.255 e. The van der Waals surface area contributed by atoms with E-state index in [1.165, 1.54) is 18.2 Å². The van der Waals surface area contributed by atoms with E-state index < -0.39 is 11.9 Å². The monoisotopic (exact) mass is 376 g/mol. The molecule has 0 aliphatic carbocycles. The summed E-state index contributed by atoms with van der Waals surface area (Å²) in [6.07, 6.45) is 0. The molecule has 7 heteroatoms. The lowest BCUT2D eigenvalue weighted by molar-refractivity contribution is -0.118. The highest BCUT2D eigenvalue weighted by atomic mass is 35.5. The third kappa shape index (κ3) is 4.89. The summed E-state index contributed by atoms with van der Waals surface area (Å²) in [5, 5.41) is 15.6. The average Bonchev–Trinajstić information content (AvgIpc) is 2.61. The highest BCUT2D eigenvalue weighted by Gasteiger charge is 2.26. The van der Waals surface area contributed by atoms with Crippen LogP contribution in [0.15, 0.2) is 42.5 Å². The summed E-state index contributed by atoms with van der Waals surface area (Å²) in [5.74, 6) is -0.634. The van der Waals surface area contributed by atoms with Crippen LogP contribution in [0.5, 0.6) is 11.5 Å². The number of methoxy groups -OCH3 is 1. The van der Waals surface area contributed by atoms with Crippen LogP contribution in [0.4, 0.5) is 5.69 Å². The number of halogens is 1. The van der Waals surface area contributed by atoms with E-state index >= 15 is 0 Å². The Labute approximate surface area is 157 Å². The number of ether oxygens (including phenoxy) is 1. The van der Waals surface area contributed by atoms with Gasteiger partial charge in [0.1, 0.15) is 17.5 Å². The van der Waals surface area contributed by atoms with Gasteiger partial charge < -0.3 is 20.5 Å². The lowest BCUT2D eigenvalue weighted by Crippen LogP contribution is -2.47. The minimum Gasteiger partial charge on any atom is -0.507 e. The van der Waals surface area contributed by atoms with E-state index in [2.05, 4.69) is 10.6 Å². The fraction of sp³-hybridized carbons (Fsp3) is 0.263. The second-order valence-corrected chi connectivity index (χ2v) is 6.51. The molecule has 2 aromatic carbocycles. The molecule has 2 aromatic rings. The zero-order valence-electron chi connectivity index (χ0n) is 14.7. The molecule has 0 aromatic heterocycles. The Kier molecular flexibility index (Phi) is 6.46. The van der Waals surface area contributed by atoms with Gasteiger partial charge in [-0.15, -0.1) is 0 Å². The highest BCUT2D eigenvalue weighted by Crippen LogP contribution is 2.22. The van der Waals surface area contributed by atoms with E-state index in [1.807, 2.05) is 13.8 Å². The molecule has 0 saturated heterocycles. The molecular weight excluding hydrogens is 356 g/mol. The lowest BCUT2D eigenvalue weighted by atomic mass is 10.0. The summed E-state index contributed by atoms with van der Waals surface area (Å²) in [4.78, 5) is 25.0. The van der Waals surface area contributed by atoms with Crippen molar-refractivity contribution < 1.29 is 19.4 Å². The summed E-state index contributed by atoms with van der Waals surface area (Å²) >= 11 is 5.87. The minimum atomic E-state index is -0.789. The predicted molar refractivity (Wildman–Crippen MR) is 101 cm³/mol. The molecule has 1 atom stereocenters. The zero-order valence-corrected chi connectivity index (χ0v) is 15.5. The molecule has 138 valence electrons. The molecule has 0 bridgehead atoms. The molecule has 0 spiro atoms. The SMILES string of the molecule is COc1ccc(NC(=O)[C@@H](NC(=O)c2cc(Cl)ccc2O)C(C)C)cc1. The van der Waals surface area contributed by atoms with Crippen molar-refractivity contribution in [3.8, 4) is 11.5 Å². The van der Waals surface area contributed by atoms with Crippen molar-refractivity contribution in [1.29, 1.82) is 0 Å². The van der Waals surface area contributed by atoms with Crippen molar-refractivity contribution in [1.82, 2.24) is 5.32 Å². The van der Waals surface area contributed by atoms with Crippen molar-refractivity contribution >= 4 is 29.1 Å². The first-order valence-corrected chi connectivity index (χ1v) is 8.44. The topological polar surface area (TPSA) is 87.7 Å². The highest BCUT2D eigenvalue weighted by molar-refractivity contribution is 6.31. The molecule has 0 unspecified atom stereocenters. The first-order chi connectivity index (χ1) is 12.3. The van der Waals surface area contributed by atoms with Crippen LogP contribution in [0.3, 0.4) is 0 Å². The number of nitrogens with one attached hydrogen (secondary N) is 2. The molecule has 2 amide bonds. The van der Waals surface area contributed by atoms with Gasteiger partial charge in [0.05, 0.1) is 12.7 Å². The van der Waals surface area contributed by atoms with Gasteiger partial charge in [-0.3, -0.25) is 9.59 Å². The molecule has 6 nitrogen and oxygen atoms in total. The second-order valence-electron chi connectivity index (χ2n) is 6.07. The lowest BCUT2D eigenvalue weighted by Gasteiger charge is -2.22. The summed E-state index contributed by atoms with van der Waals surface area (Å²) in [7, 11) is 1.56. The Bertz CT molecular complexity index is 791. The van der Waals surface area contributed by atoms with E-state index in [0.717, 1.165) is 0 Å². The Morgan fingerprint density at radius 2 is 1.77 bits per heavy atom. The van der Waals surface area contributed by atoms with E-state index in [9.17, 15) is 14.7 Å². The summed E-state index contributed by atoms with van der Waals surface area (Å²) in [6.45, 7) is 3.63. The van der Waals surface area contributed by atoms with Gasteiger partial charge in [-0.05, 0) is 48.4 Å². The molecule has 26 heavy (non-hydrogen) atoms. The van der Waals surface area contributed by atoms with Gasteiger partial charge in [-0.2, -0.15) is 0 Å². The second kappa shape index (κ2) is 8.58. The fourth-order valence-electron chi connectivity index (χ4n) is 2.34. The molecule has 0 heterocycles. The number of amides is 2. The van der Waals surface area contributed by atoms with Gasteiger partial charge in [-0.1, -0.05) is 25.4 Å². The quantitative estimate of drug-likeness (QED) is 0.720. The number of rotatable bonds is 6. The Morgan fingerprint density at radius 3 is 2.35 bits per heavy atom. The molecule has 0 aliphatic heterocycles. The van der Waals surface area contributed by atoms with Crippen LogP contribution in [0, 0.1) is 5.92 Å². The number of benzene rings is 2. The number of hydrogen-bond donors (Lipinski definition) is 3. The minimum absolute atomic E-state index is 0.0143. The van der Waals surface area contributed by atoms with Crippen molar-refractivity contribution in [2.24, 2.45) is 5.92 Å². The molecule has 2 rings (SSSR count). The van der Waals surface area contributed by atoms with E-state index in [-0.39, 0.29) is 23.1 Å². The number of anilines is 1. The normalized spacial score (nSPS) is 11.7. The first kappa shape index (κ1) is 19.6. The Balaban J connectivity index is 2.13. The van der Waals surface area contributed by atoms with E-state index in [0.29, 0.717) is 16.5 Å². The van der Waals surface area contributed by atoms with Crippen LogP contribution < -0.4 is 15.4 Å². The number of phenols is 1. The van der Waals surface area contributed by atoms with Crippen LogP contribution >= 0.6 is 11.6 Å². The maximum absolute atomic E-state index is 12.6. The standard InChI is InChI=1S/C19H21ClN2O4/c1-11(2)17(19(25)21-13-5-7-14(26-3)8-6-13)22-18(24)15-10-12(20)4-9-16(15)23/h4-11,17,23H,1-3H3,(H,21,25)(H,22,24)/t17-/m0/s1. The largest absolute Gasteiger partial charge is 0.507 e. The number of phenolic OH excluding ortho intramolecular Hbond substituents is 1. The Morgan fingerprint density at radius 1 is 1.12 bits per heavy atom. The number of carbonyl (C=O) groups excluding carboxylic acids is 2. The van der Waals surface area contributed by atoms with Gasteiger partial charge >= 0.3 is 0 Å². The number of aromatic hydroxyl groups is 1. The zero-order chi connectivity index (χ0) is 19.3. The van der Waals surface area contributed by atoms with Crippen molar-refractivity contribution in [2.75, 3.05) is 12.4 Å². The third-order valence-corrected chi connectivity index (χ3v) is 4.03. The van der Waals surface area contributed by atoms with Crippen molar-refractivity contribution in [2.45, 2.75) is 19.9 Å². The summed E-state index contributed by atoms with van der Waals surface area (Å²) < 4.78 is 5.08. The van der Waals surface area contributed by atoms with E-state index in [4.69, 9.17) is 16.3 Å². The maximum atomic E-state index is 12.6. The van der Waals surface area contributed by atoms with Crippen molar-refractivity contribution in [3.05, 3.63) is 53.1 Å². The summed E-state index contributed by atoms with van der Waals surface area (Å²) in [5.41, 5.74) is 0.599. The third-order valence-electron chi connectivity index (χ3n) is 3.80. The van der Waals surface area contributed by atoms with Gasteiger partial charge in [0.15, 0.2) is 0 Å². The van der Waals surface area contributed by atoms with Crippen LogP contribution in [0.2, 0.25) is 5.02 Å². The average molecular weight is 377 g/mol. The number of carbonyl (C=O) groups is 2. The summed E-state index contributed by atoms with van der Waals surface area (Å²) in [6, 6.07) is 10.2. The van der Waals surface area contributed by atoms with Gasteiger partial charge in [0.2, 0.25) is 5.91 Å². The van der Waals surface area contributed by atoms with Gasteiger partial charge in [0, 0.05) is 10.7 Å². The molecule has 0 aliphatic rings. The molecule has 3 N–H and O–H groups in total. The maximum Gasteiger partial charge on any atom is 0.255 e. The molecule has 0 fully saturated rings.